The molecule has 2 saturated heterocycles. The van der Waals surface area contributed by atoms with Gasteiger partial charge in [0.25, 0.3) is 10.2 Å². The molecule has 4 aliphatic rings. The van der Waals surface area contributed by atoms with Gasteiger partial charge in [0.05, 0.1) is 4.91 Å². The average molecular weight is 580 g/mol. The monoisotopic (exact) mass is 579 g/mol. The fourth-order valence-electron chi connectivity index (χ4n) is 5.70. The van der Waals surface area contributed by atoms with Crippen LogP contribution in [0.3, 0.4) is 0 Å². The Labute approximate surface area is 235 Å². The van der Waals surface area contributed by atoms with Crippen LogP contribution in [0.15, 0.2) is 59.0 Å². The Morgan fingerprint density at radius 1 is 1.00 bits per heavy atom. The average Bonchev–Trinajstić information content (AvgIpc) is 2.92. The minimum Gasteiger partial charge on any atom is -0.372 e. The Kier molecular flexibility index (Phi) is 9.80. The van der Waals surface area contributed by atoms with Crippen LogP contribution in [0, 0.1) is 11.8 Å². The first-order chi connectivity index (χ1) is 18.5. The van der Waals surface area contributed by atoms with Gasteiger partial charge in [0.2, 0.25) is 10.0 Å². The lowest BCUT2D eigenvalue weighted by atomic mass is 9.89. The fourth-order valence-corrected chi connectivity index (χ4v) is 8.41. The number of piperidine rings is 1. The molecular weight excluding hydrogens is 534 g/mol. The van der Waals surface area contributed by atoms with Gasteiger partial charge in [-0.25, -0.2) is 8.42 Å². The number of hydrogen-bond acceptors (Lipinski definition) is 6. The van der Waals surface area contributed by atoms with Gasteiger partial charge < -0.3 is 10.2 Å². The number of allylic oxidation sites excluding steroid dienone is 8. The molecule has 3 atom stereocenters. The molecule has 0 saturated carbocycles. The van der Waals surface area contributed by atoms with Gasteiger partial charge in [0.15, 0.2) is 0 Å². The van der Waals surface area contributed by atoms with E-state index in [-0.39, 0.29) is 32.1 Å². The SMILES string of the molecule is CC1CCCCN1C1=CC=C(S(=O)(=O)N2CCN(S(=O)(=O)N(C)C)CC2)C[C@H]1C/C=C/NC1=CC[C@@H](C)C=C1. The second-order valence-electron chi connectivity index (χ2n) is 11.3. The smallest absolute Gasteiger partial charge is 0.281 e. The predicted octanol–water partition coefficient (Wildman–Crippen LogP) is 3.38. The van der Waals surface area contributed by atoms with Crippen molar-refractivity contribution in [3.63, 3.8) is 0 Å². The van der Waals surface area contributed by atoms with Crippen LogP contribution in [0.1, 0.15) is 52.4 Å². The van der Waals surface area contributed by atoms with Crippen LogP contribution < -0.4 is 5.32 Å². The topological polar surface area (TPSA) is 93.3 Å². The van der Waals surface area contributed by atoms with E-state index in [1.54, 1.807) is 6.08 Å². The van der Waals surface area contributed by atoms with Crippen LogP contribution in [-0.2, 0) is 20.2 Å². The van der Waals surface area contributed by atoms with Crippen molar-refractivity contribution in [1.82, 2.24) is 23.1 Å². The van der Waals surface area contributed by atoms with Crippen molar-refractivity contribution >= 4 is 20.2 Å². The molecule has 0 radical (unpaired) electrons. The van der Waals surface area contributed by atoms with Gasteiger partial charge in [-0.3, -0.25) is 0 Å². The molecule has 0 aromatic carbocycles. The van der Waals surface area contributed by atoms with E-state index in [0.717, 1.165) is 37.9 Å². The largest absolute Gasteiger partial charge is 0.372 e. The Bertz CT molecular complexity index is 1240. The molecule has 2 heterocycles. The Balaban J connectivity index is 1.48. The predicted molar refractivity (Wildman–Crippen MR) is 157 cm³/mol. The summed E-state index contributed by atoms with van der Waals surface area (Å²) in [4.78, 5) is 2.88. The molecule has 2 aliphatic heterocycles. The maximum atomic E-state index is 13.7. The zero-order valence-electron chi connectivity index (χ0n) is 23.8. The molecule has 0 aromatic heterocycles. The van der Waals surface area contributed by atoms with Crippen LogP contribution in [0.5, 0.6) is 0 Å². The Morgan fingerprint density at radius 3 is 2.36 bits per heavy atom. The van der Waals surface area contributed by atoms with E-state index in [9.17, 15) is 16.8 Å². The summed E-state index contributed by atoms with van der Waals surface area (Å²) in [5.41, 5.74) is 2.31. The van der Waals surface area contributed by atoms with E-state index in [1.807, 2.05) is 12.3 Å². The Morgan fingerprint density at radius 2 is 1.72 bits per heavy atom. The highest BCUT2D eigenvalue weighted by Crippen LogP contribution is 2.37. The molecule has 4 rings (SSSR count). The Hall–Kier alpha value is -1.92. The van der Waals surface area contributed by atoms with Crippen molar-refractivity contribution in [1.29, 1.82) is 0 Å². The highest BCUT2D eigenvalue weighted by atomic mass is 32.2. The number of rotatable bonds is 9. The summed E-state index contributed by atoms with van der Waals surface area (Å²) < 4.78 is 56.3. The summed E-state index contributed by atoms with van der Waals surface area (Å²) in [6, 6.07) is 0.437. The van der Waals surface area contributed by atoms with Crippen LogP contribution in [0.2, 0.25) is 0 Å². The van der Waals surface area contributed by atoms with Gasteiger partial charge in [-0.1, -0.05) is 25.2 Å². The number of likely N-dealkylation sites (tertiary alicyclic amines) is 1. The van der Waals surface area contributed by atoms with Gasteiger partial charge >= 0.3 is 0 Å². The molecule has 39 heavy (non-hydrogen) atoms. The third kappa shape index (κ3) is 7.05. The maximum Gasteiger partial charge on any atom is 0.281 e. The normalized spacial score (nSPS) is 28.0. The third-order valence-electron chi connectivity index (χ3n) is 8.20. The zero-order valence-corrected chi connectivity index (χ0v) is 25.4. The van der Waals surface area contributed by atoms with Crippen LogP contribution in [-0.4, -0.2) is 87.5 Å². The molecule has 0 amide bonds. The lowest BCUT2D eigenvalue weighted by Gasteiger charge is -2.41. The summed E-state index contributed by atoms with van der Waals surface area (Å²) in [5, 5.41) is 3.36. The summed E-state index contributed by atoms with van der Waals surface area (Å²) in [7, 11) is -4.26. The minimum atomic E-state index is -3.69. The van der Waals surface area contributed by atoms with E-state index in [1.165, 1.54) is 39.1 Å². The number of hydrogen-bond donors (Lipinski definition) is 1. The first kappa shape index (κ1) is 30.0. The molecule has 0 aromatic rings. The molecule has 11 heteroatoms. The molecule has 1 unspecified atom stereocenters. The lowest BCUT2D eigenvalue weighted by Crippen LogP contribution is -2.53. The third-order valence-corrected chi connectivity index (χ3v) is 12.2. The quantitative estimate of drug-likeness (QED) is 0.450. The second-order valence-corrected chi connectivity index (χ2v) is 15.4. The van der Waals surface area contributed by atoms with Crippen molar-refractivity contribution in [2.75, 3.05) is 46.8 Å². The molecule has 218 valence electrons. The van der Waals surface area contributed by atoms with Gasteiger partial charge in [-0.2, -0.15) is 21.3 Å². The standard InChI is InChI=1S/C28H45N5O4S2/c1-23-10-12-26(13-11-23)29-16-7-9-25-22-27(14-15-28(25)33-17-6-5-8-24(33)2)38(34,35)31-18-20-32(21-19-31)39(36,37)30(3)4/h7,10,12-16,23-25,29H,5-6,8-9,11,17-22H2,1-4H3/b16-7+/t23-,24?,25+/m0/s1. The summed E-state index contributed by atoms with van der Waals surface area (Å²) in [6.07, 6.45) is 20.1. The number of nitrogens with one attached hydrogen (secondary N) is 1. The van der Waals surface area contributed by atoms with Crippen molar-refractivity contribution in [2.45, 2.75) is 58.4 Å². The number of piperazine rings is 1. The van der Waals surface area contributed by atoms with E-state index in [2.05, 4.69) is 48.4 Å². The molecule has 0 bridgehead atoms. The molecule has 9 nitrogen and oxygen atoms in total. The lowest BCUT2D eigenvalue weighted by molar-refractivity contribution is 0.185. The van der Waals surface area contributed by atoms with Crippen molar-refractivity contribution in [2.24, 2.45) is 11.8 Å². The fraction of sp³-hybridized carbons (Fsp3) is 0.643. The molecule has 1 N–H and O–H groups in total. The zero-order chi connectivity index (χ0) is 28.2. The van der Waals surface area contributed by atoms with Crippen LogP contribution in [0.4, 0.5) is 0 Å². The number of nitrogens with zero attached hydrogens (tertiary/aromatic N) is 4. The van der Waals surface area contributed by atoms with E-state index >= 15 is 0 Å². The summed E-state index contributed by atoms with van der Waals surface area (Å²) in [5.74, 6) is 0.623. The molecule has 0 spiro atoms. The van der Waals surface area contributed by atoms with E-state index < -0.39 is 20.2 Å². The van der Waals surface area contributed by atoms with Crippen molar-refractivity contribution in [3.05, 3.63) is 59.0 Å². The van der Waals surface area contributed by atoms with E-state index in [4.69, 9.17) is 0 Å². The molecule has 2 fully saturated rings. The molecule has 2 aliphatic carbocycles. The summed E-state index contributed by atoms with van der Waals surface area (Å²) >= 11 is 0. The van der Waals surface area contributed by atoms with E-state index in [0.29, 0.717) is 23.3 Å². The minimum absolute atomic E-state index is 0.0599. The first-order valence-corrected chi connectivity index (χ1v) is 17.0. The van der Waals surface area contributed by atoms with Gasteiger partial charge in [0, 0.05) is 70.2 Å². The van der Waals surface area contributed by atoms with Gasteiger partial charge in [-0.15, -0.1) is 0 Å². The number of sulfonamides is 1. The first-order valence-electron chi connectivity index (χ1n) is 14.1. The summed E-state index contributed by atoms with van der Waals surface area (Å²) in [6.45, 7) is 6.07. The highest BCUT2D eigenvalue weighted by molar-refractivity contribution is 7.93. The molecular formula is C28H45N5O4S2. The highest BCUT2D eigenvalue weighted by Gasteiger charge is 2.37. The maximum absolute atomic E-state index is 13.7. The second kappa shape index (κ2) is 12.7. The van der Waals surface area contributed by atoms with Crippen LogP contribution >= 0.6 is 0 Å². The van der Waals surface area contributed by atoms with Crippen molar-refractivity contribution in [3.8, 4) is 0 Å². The van der Waals surface area contributed by atoms with Crippen molar-refractivity contribution < 1.29 is 16.8 Å². The van der Waals surface area contributed by atoms with Crippen LogP contribution in [0.25, 0.3) is 0 Å². The van der Waals surface area contributed by atoms with Gasteiger partial charge in [0.1, 0.15) is 0 Å². The van der Waals surface area contributed by atoms with Gasteiger partial charge in [-0.05, 0) is 75.8 Å².